The van der Waals surface area contributed by atoms with Crippen LogP contribution in [-0.2, 0) is 10.0 Å². The van der Waals surface area contributed by atoms with Crippen LogP contribution < -0.4 is 9.46 Å². The molecule has 1 rings (SSSR count). The van der Waals surface area contributed by atoms with Gasteiger partial charge in [0.2, 0.25) is 10.0 Å². The number of aliphatic hydroxyl groups is 1. The molecule has 0 saturated heterocycles. The first-order chi connectivity index (χ1) is 8.57. The summed E-state index contributed by atoms with van der Waals surface area (Å²) in [7, 11) is -2.28. The molecule has 0 spiro atoms. The van der Waals surface area contributed by atoms with Gasteiger partial charge in [0.1, 0.15) is 10.6 Å². The molecule has 6 heteroatoms. The van der Waals surface area contributed by atoms with E-state index in [1.54, 1.807) is 12.1 Å². The number of hydrogen-bond donors (Lipinski definition) is 2. The molecule has 0 heterocycles. The summed E-state index contributed by atoms with van der Waals surface area (Å²) in [4.78, 5) is 0.0855. The topological polar surface area (TPSA) is 75.6 Å². The number of ether oxygens (including phenoxy) is 1. The van der Waals surface area contributed by atoms with Gasteiger partial charge in [-0.3, -0.25) is 0 Å². The fourth-order valence-electron chi connectivity index (χ4n) is 1.48. The maximum atomic E-state index is 12.2. The first kappa shape index (κ1) is 15.9. The number of sulfonamides is 1. The monoisotopic (exact) mass is 287 g/mol. The quantitative estimate of drug-likeness (QED) is 0.857. The molecule has 0 bridgehead atoms. The predicted octanol–water partition coefficient (Wildman–Crippen LogP) is 1.36. The Morgan fingerprint density at radius 3 is 2.26 bits per heavy atom. The summed E-state index contributed by atoms with van der Waals surface area (Å²) >= 11 is 0. The van der Waals surface area contributed by atoms with Crippen molar-refractivity contribution in [2.75, 3.05) is 13.7 Å². The van der Waals surface area contributed by atoms with E-state index in [2.05, 4.69) is 4.72 Å². The van der Waals surface area contributed by atoms with Crippen LogP contribution in [0.5, 0.6) is 5.75 Å². The van der Waals surface area contributed by atoms with Gasteiger partial charge in [0.05, 0.1) is 12.7 Å². The first-order valence-corrected chi connectivity index (χ1v) is 7.42. The van der Waals surface area contributed by atoms with E-state index >= 15 is 0 Å². The maximum Gasteiger partial charge on any atom is 0.244 e. The van der Waals surface area contributed by atoms with Crippen molar-refractivity contribution in [1.29, 1.82) is 0 Å². The van der Waals surface area contributed by atoms with E-state index < -0.39 is 15.6 Å². The smallest absolute Gasteiger partial charge is 0.244 e. The third kappa shape index (κ3) is 4.19. The summed E-state index contributed by atoms with van der Waals surface area (Å²) in [6.45, 7) is 6.73. The Bertz CT molecular complexity index is 559. The van der Waals surface area contributed by atoms with Gasteiger partial charge >= 0.3 is 0 Å². The molecule has 1 aromatic rings. The van der Waals surface area contributed by atoms with Gasteiger partial charge in [0.25, 0.3) is 0 Å². The van der Waals surface area contributed by atoms with Crippen LogP contribution in [-0.4, -0.2) is 32.8 Å². The summed E-state index contributed by atoms with van der Waals surface area (Å²) in [5.41, 5.74) is 0.711. The van der Waals surface area contributed by atoms with Crippen molar-refractivity contribution in [1.82, 2.24) is 4.72 Å². The van der Waals surface area contributed by atoms with Crippen molar-refractivity contribution in [3.63, 3.8) is 0 Å². The van der Waals surface area contributed by atoms with Gasteiger partial charge in [-0.05, 0) is 51.0 Å². The fraction of sp³-hybridized carbons (Fsp3) is 0.538. The van der Waals surface area contributed by atoms with E-state index in [0.717, 1.165) is 11.1 Å². The predicted molar refractivity (Wildman–Crippen MR) is 74.0 cm³/mol. The number of aryl methyl sites for hydroxylation is 2. The molecular weight excluding hydrogens is 266 g/mol. The third-order valence-corrected chi connectivity index (χ3v) is 4.19. The maximum absolute atomic E-state index is 12.2. The second-order valence-corrected chi connectivity index (χ2v) is 6.96. The average molecular weight is 287 g/mol. The molecule has 2 N–H and O–H groups in total. The lowest BCUT2D eigenvalue weighted by molar-refractivity contribution is 0.0857. The molecule has 0 atom stereocenters. The Balaban J connectivity index is 3.17. The molecule has 0 saturated carbocycles. The summed E-state index contributed by atoms with van der Waals surface area (Å²) < 4.78 is 31.9. The second-order valence-electron chi connectivity index (χ2n) is 5.22. The molecule has 0 aliphatic heterocycles. The normalized spacial score (nSPS) is 12.5. The number of nitrogens with one attached hydrogen (secondary N) is 1. The lowest BCUT2D eigenvalue weighted by Gasteiger charge is -2.19. The summed E-state index contributed by atoms with van der Waals surface area (Å²) in [6.07, 6.45) is 0. The first-order valence-electron chi connectivity index (χ1n) is 5.94. The van der Waals surface area contributed by atoms with Gasteiger partial charge in [0, 0.05) is 6.54 Å². The zero-order valence-corrected chi connectivity index (χ0v) is 12.8. The van der Waals surface area contributed by atoms with Gasteiger partial charge < -0.3 is 9.84 Å². The van der Waals surface area contributed by atoms with E-state index in [1.165, 1.54) is 21.0 Å². The van der Waals surface area contributed by atoms with Crippen LogP contribution in [0.2, 0.25) is 0 Å². The molecule has 108 valence electrons. The number of hydrogen-bond acceptors (Lipinski definition) is 4. The minimum Gasteiger partial charge on any atom is -0.495 e. The van der Waals surface area contributed by atoms with Crippen LogP contribution in [0.1, 0.15) is 25.0 Å². The summed E-state index contributed by atoms with van der Waals surface area (Å²) in [6, 6.07) is 3.26. The Kier molecular flexibility index (Phi) is 4.60. The lowest BCUT2D eigenvalue weighted by Crippen LogP contribution is -2.38. The largest absolute Gasteiger partial charge is 0.495 e. The Labute approximate surface area is 114 Å². The van der Waals surface area contributed by atoms with Gasteiger partial charge in [-0.15, -0.1) is 0 Å². The Morgan fingerprint density at radius 1 is 1.26 bits per heavy atom. The van der Waals surface area contributed by atoms with Crippen molar-refractivity contribution < 1.29 is 18.3 Å². The fourth-order valence-corrected chi connectivity index (χ4v) is 2.92. The van der Waals surface area contributed by atoms with Crippen molar-refractivity contribution in [2.45, 2.75) is 38.2 Å². The summed E-state index contributed by atoms with van der Waals surface area (Å²) in [5, 5.41) is 9.59. The van der Waals surface area contributed by atoms with Crippen LogP contribution in [0.15, 0.2) is 17.0 Å². The van der Waals surface area contributed by atoms with E-state index in [1.807, 2.05) is 13.8 Å². The minimum absolute atomic E-state index is 0.0641. The van der Waals surface area contributed by atoms with Gasteiger partial charge in [-0.2, -0.15) is 0 Å². The Morgan fingerprint density at radius 2 is 1.79 bits per heavy atom. The van der Waals surface area contributed by atoms with Gasteiger partial charge in [-0.25, -0.2) is 13.1 Å². The third-order valence-electron chi connectivity index (χ3n) is 2.76. The molecule has 0 unspecified atom stereocenters. The number of benzene rings is 1. The molecule has 0 aliphatic carbocycles. The van der Waals surface area contributed by atoms with Crippen molar-refractivity contribution >= 4 is 10.0 Å². The molecule has 0 aliphatic rings. The van der Waals surface area contributed by atoms with Crippen molar-refractivity contribution in [3.8, 4) is 5.75 Å². The molecule has 5 nitrogen and oxygen atoms in total. The molecule has 0 radical (unpaired) electrons. The SMILES string of the molecule is COc1cc(C)c(C)cc1S(=O)(=O)NCC(C)(C)O. The highest BCUT2D eigenvalue weighted by Crippen LogP contribution is 2.27. The Hall–Kier alpha value is -1.11. The molecule has 19 heavy (non-hydrogen) atoms. The molecule has 0 fully saturated rings. The molecular formula is C13H21NO4S. The molecule has 0 aromatic heterocycles. The van der Waals surface area contributed by atoms with Gasteiger partial charge in [0.15, 0.2) is 0 Å². The second kappa shape index (κ2) is 5.48. The van der Waals surface area contributed by atoms with Crippen LogP contribution in [0.4, 0.5) is 0 Å². The average Bonchev–Trinajstić information content (AvgIpc) is 2.28. The van der Waals surface area contributed by atoms with Crippen LogP contribution >= 0.6 is 0 Å². The van der Waals surface area contributed by atoms with E-state index in [-0.39, 0.29) is 11.4 Å². The molecule has 1 aromatic carbocycles. The zero-order valence-electron chi connectivity index (χ0n) is 11.9. The van der Waals surface area contributed by atoms with Crippen LogP contribution in [0.25, 0.3) is 0 Å². The van der Waals surface area contributed by atoms with Crippen molar-refractivity contribution in [3.05, 3.63) is 23.3 Å². The highest BCUT2D eigenvalue weighted by molar-refractivity contribution is 7.89. The lowest BCUT2D eigenvalue weighted by atomic mass is 10.1. The number of rotatable bonds is 5. The molecule has 0 amide bonds. The summed E-state index contributed by atoms with van der Waals surface area (Å²) in [5.74, 6) is 0.298. The van der Waals surface area contributed by atoms with E-state index in [4.69, 9.17) is 4.74 Å². The van der Waals surface area contributed by atoms with Gasteiger partial charge in [-0.1, -0.05) is 0 Å². The van der Waals surface area contributed by atoms with E-state index in [9.17, 15) is 13.5 Å². The highest BCUT2D eigenvalue weighted by atomic mass is 32.2. The number of methoxy groups -OCH3 is 1. The van der Waals surface area contributed by atoms with Crippen LogP contribution in [0.3, 0.4) is 0 Å². The van der Waals surface area contributed by atoms with Crippen LogP contribution in [0, 0.1) is 13.8 Å². The van der Waals surface area contributed by atoms with E-state index in [0.29, 0.717) is 5.75 Å². The standard InChI is InChI=1S/C13H21NO4S/c1-9-6-11(18-5)12(7-10(9)2)19(16,17)14-8-13(3,4)15/h6-7,14-15H,8H2,1-5H3. The van der Waals surface area contributed by atoms with Crippen molar-refractivity contribution in [2.24, 2.45) is 0 Å². The zero-order chi connectivity index (χ0) is 14.8. The minimum atomic E-state index is -3.71. The highest BCUT2D eigenvalue weighted by Gasteiger charge is 2.23.